The van der Waals surface area contributed by atoms with E-state index in [1.165, 1.54) is 11.8 Å². The number of benzene rings is 3. The number of amidine groups is 1. The van der Waals surface area contributed by atoms with E-state index in [1.54, 1.807) is 35.2 Å². The van der Waals surface area contributed by atoms with Gasteiger partial charge in [-0.1, -0.05) is 53.7 Å². The Hall–Kier alpha value is -3.01. The Labute approximate surface area is 219 Å². The Bertz CT molecular complexity index is 1430. The number of aryl methyl sites for hydroxylation is 1. The summed E-state index contributed by atoms with van der Waals surface area (Å²) in [5, 5.41) is 0.592. The number of para-hydroxylation sites is 1. The summed E-state index contributed by atoms with van der Waals surface area (Å²) in [5.41, 5.74) is 1.59. The van der Waals surface area contributed by atoms with Gasteiger partial charge in [0.1, 0.15) is 11.5 Å². The second kappa shape index (κ2) is 10.2. The van der Waals surface area contributed by atoms with Gasteiger partial charge in [0.25, 0.3) is 5.91 Å². The van der Waals surface area contributed by atoms with Crippen LogP contribution in [0.3, 0.4) is 0 Å². The van der Waals surface area contributed by atoms with Gasteiger partial charge in [-0.2, -0.15) is 4.99 Å². The van der Waals surface area contributed by atoms with Crippen LogP contribution in [0, 0.1) is 6.92 Å². The molecule has 186 valence electrons. The summed E-state index contributed by atoms with van der Waals surface area (Å²) >= 11 is 7.64. The molecule has 0 aromatic heterocycles. The molecule has 0 spiro atoms. The minimum atomic E-state index is -3.23. The smallest absolute Gasteiger partial charge is 0.285 e. The first kappa shape index (κ1) is 24.7. The van der Waals surface area contributed by atoms with Crippen molar-refractivity contribution in [3.05, 3.63) is 83.4 Å². The van der Waals surface area contributed by atoms with E-state index in [9.17, 15) is 13.2 Å². The molecule has 2 atom stereocenters. The molecular formula is C26H23ClN2O5S2. The van der Waals surface area contributed by atoms with Crippen molar-refractivity contribution in [1.29, 1.82) is 0 Å². The summed E-state index contributed by atoms with van der Waals surface area (Å²) in [6.45, 7) is 1.73. The van der Waals surface area contributed by atoms with E-state index in [-0.39, 0.29) is 23.4 Å². The zero-order valence-electron chi connectivity index (χ0n) is 19.3. The first-order valence-electron chi connectivity index (χ1n) is 11.3. The molecular weight excluding hydrogens is 520 g/mol. The zero-order chi connectivity index (χ0) is 25.3. The average molecular weight is 543 g/mol. The number of carbonyl (C=O) groups is 1. The van der Waals surface area contributed by atoms with Crippen LogP contribution in [0.2, 0.25) is 5.02 Å². The number of fused-ring (bicyclic) bond motifs is 1. The predicted octanol–water partition coefficient (Wildman–Crippen LogP) is 5.12. The fourth-order valence-electron chi connectivity index (χ4n) is 4.22. The molecule has 10 heteroatoms. The van der Waals surface area contributed by atoms with Crippen LogP contribution in [0.15, 0.2) is 77.8 Å². The average Bonchev–Trinajstić information content (AvgIpc) is 3.30. The van der Waals surface area contributed by atoms with Gasteiger partial charge in [-0.3, -0.25) is 4.79 Å². The molecule has 0 saturated carbocycles. The standard InChI is InChI=1S/C26H23ClN2O5S2/c1-17-6-5-9-20(12-17)34-23-11-10-18(27)13-21(23)29-22-15-36(31,32)16-24(22)35-26(29)28-25(30)14-33-19-7-3-2-4-8-19/h2-13,22,24H,14-16H2,1H3/t22-,24-/m1/s1. The van der Waals surface area contributed by atoms with E-state index in [1.807, 2.05) is 49.4 Å². The van der Waals surface area contributed by atoms with Crippen LogP contribution in [-0.2, 0) is 14.6 Å². The maximum atomic E-state index is 12.7. The van der Waals surface area contributed by atoms with Crippen LogP contribution in [0.1, 0.15) is 5.56 Å². The van der Waals surface area contributed by atoms with Crippen molar-refractivity contribution in [1.82, 2.24) is 0 Å². The monoisotopic (exact) mass is 542 g/mol. The van der Waals surface area contributed by atoms with Crippen LogP contribution in [0.5, 0.6) is 17.2 Å². The third-order valence-electron chi connectivity index (χ3n) is 5.79. The van der Waals surface area contributed by atoms with Crippen molar-refractivity contribution in [2.75, 3.05) is 23.0 Å². The van der Waals surface area contributed by atoms with E-state index < -0.39 is 21.8 Å². The number of anilines is 1. The molecule has 2 heterocycles. The Morgan fingerprint density at radius 2 is 1.83 bits per heavy atom. The first-order valence-corrected chi connectivity index (χ1v) is 14.3. The number of carbonyl (C=O) groups excluding carboxylic acids is 1. The lowest BCUT2D eigenvalue weighted by atomic mass is 10.2. The fourth-order valence-corrected chi connectivity index (χ4v) is 8.31. The number of ether oxygens (including phenoxy) is 2. The van der Waals surface area contributed by atoms with Crippen molar-refractivity contribution in [3.8, 4) is 17.2 Å². The highest BCUT2D eigenvalue weighted by atomic mass is 35.5. The van der Waals surface area contributed by atoms with E-state index in [0.29, 0.717) is 33.1 Å². The number of rotatable bonds is 6. The van der Waals surface area contributed by atoms with Gasteiger partial charge in [0, 0.05) is 10.3 Å². The third kappa shape index (κ3) is 5.53. The van der Waals surface area contributed by atoms with Crippen LogP contribution in [0.4, 0.5) is 5.69 Å². The molecule has 36 heavy (non-hydrogen) atoms. The highest BCUT2D eigenvalue weighted by Crippen LogP contribution is 2.45. The molecule has 0 bridgehead atoms. The van der Waals surface area contributed by atoms with Crippen molar-refractivity contribution in [2.45, 2.75) is 18.2 Å². The van der Waals surface area contributed by atoms with Crippen LogP contribution in [0.25, 0.3) is 0 Å². The molecule has 0 aliphatic carbocycles. The lowest BCUT2D eigenvalue weighted by Crippen LogP contribution is -2.38. The summed E-state index contributed by atoms with van der Waals surface area (Å²) in [6, 6.07) is 21.4. The molecule has 3 aromatic rings. The van der Waals surface area contributed by atoms with Crippen LogP contribution < -0.4 is 14.4 Å². The molecule has 2 fully saturated rings. The van der Waals surface area contributed by atoms with E-state index >= 15 is 0 Å². The summed E-state index contributed by atoms with van der Waals surface area (Å²) in [4.78, 5) is 18.8. The summed E-state index contributed by atoms with van der Waals surface area (Å²) in [7, 11) is -3.23. The Balaban J connectivity index is 1.48. The van der Waals surface area contributed by atoms with Crippen LogP contribution >= 0.6 is 23.4 Å². The molecule has 2 aliphatic rings. The number of nitrogens with zero attached hydrogens (tertiary/aromatic N) is 2. The van der Waals surface area contributed by atoms with Gasteiger partial charge < -0.3 is 14.4 Å². The lowest BCUT2D eigenvalue weighted by Gasteiger charge is -2.27. The molecule has 2 aliphatic heterocycles. The minimum absolute atomic E-state index is 0.0151. The van der Waals surface area contributed by atoms with Crippen molar-refractivity contribution < 1.29 is 22.7 Å². The highest BCUT2D eigenvalue weighted by molar-refractivity contribution is 8.16. The van der Waals surface area contributed by atoms with Crippen molar-refractivity contribution in [3.63, 3.8) is 0 Å². The number of hydrogen-bond donors (Lipinski definition) is 0. The topological polar surface area (TPSA) is 85.3 Å². The molecule has 2 saturated heterocycles. The Kier molecular flexibility index (Phi) is 6.96. The van der Waals surface area contributed by atoms with Gasteiger partial charge in [0.15, 0.2) is 27.4 Å². The predicted molar refractivity (Wildman–Crippen MR) is 143 cm³/mol. The largest absolute Gasteiger partial charge is 0.484 e. The lowest BCUT2D eigenvalue weighted by molar-refractivity contribution is -0.119. The quantitative estimate of drug-likeness (QED) is 0.427. The molecule has 7 nitrogen and oxygen atoms in total. The normalized spacial score (nSPS) is 21.4. The molecule has 3 aromatic carbocycles. The highest BCUT2D eigenvalue weighted by Gasteiger charge is 2.50. The zero-order valence-corrected chi connectivity index (χ0v) is 21.7. The van der Waals surface area contributed by atoms with E-state index in [4.69, 9.17) is 21.1 Å². The second-order valence-electron chi connectivity index (χ2n) is 8.59. The van der Waals surface area contributed by atoms with Gasteiger partial charge in [-0.15, -0.1) is 0 Å². The van der Waals surface area contributed by atoms with Gasteiger partial charge in [-0.25, -0.2) is 8.42 Å². The maximum absolute atomic E-state index is 12.7. The van der Waals surface area contributed by atoms with Crippen molar-refractivity contribution in [2.24, 2.45) is 4.99 Å². The van der Waals surface area contributed by atoms with Crippen LogP contribution in [-0.4, -0.2) is 48.9 Å². The SMILES string of the molecule is Cc1cccc(Oc2ccc(Cl)cc2N2C(=NC(=O)COc3ccccc3)S[C@@H]3CS(=O)(=O)C[C@H]32)c1. The molecule has 0 unspecified atom stereocenters. The molecule has 1 amide bonds. The second-order valence-corrected chi connectivity index (χ2v) is 12.4. The summed E-state index contributed by atoms with van der Waals surface area (Å²) in [6.07, 6.45) is 0. The number of halogens is 1. The number of hydrogen-bond acceptors (Lipinski definition) is 6. The number of amides is 1. The van der Waals surface area contributed by atoms with Gasteiger partial charge in [0.05, 0.1) is 23.2 Å². The van der Waals surface area contributed by atoms with Gasteiger partial charge in [0.2, 0.25) is 0 Å². The molecule has 5 rings (SSSR count). The number of thioether (sulfide) groups is 1. The third-order valence-corrected chi connectivity index (χ3v) is 9.24. The summed E-state index contributed by atoms with van der Waals surface area (Å²) in [5.74, 6) is 1.17. The maximum Gasteiger partial charge on any atom is 0.285 e. The van der Waals surface area contributed by atoms with Crippen molar-refractivity contribution >= 4 is 50.0 Å². The molecule has 0 radical (unpaired) electrons. The fraction of sp³-hybridized carbons (Fsp3) is 0.231. The van der Waals surface area contributed by atoms with E-state index in [0.717, 1.165) is 5.56 Å². The number of aliphatic imine (C=N–C) groups is 1. The molecule has 0 N–H and O–H groups in total. The first-order chi connectivity index (χ1) is 17.3. The minimum Gasteiger partial charge on any atom is -0.484 e. The Morgan fingerprint density at radius 3 is 2.61 bits per heavy atom. The van der Waals surface area contributed by atoms with Gasteiger partial charge in [-0.05, 0) is 55.0 Å². The Morgan fingerprint density at radius 1 is 1.06 bits per heavy atom. The van der Waals surface area contributed by atoms with Gasteiger partial charge >= 0.3 is 0 Å². The summed E-state index contributed by atoms with van der Waals surface area (Å²) < 4.78 is 36.7. The number of sulfone groups is 1. The van der Waals surface area contributed by atoms with E-state index in [2.05, 4.69) is 4.99 Å².